The van der Waals surface area contributed by atoms with E-state index in [4.69, 9.17) is 11.6 Å². The Morgan fingerprint density at radius 2 is 1.86 bits per heavy atom. The van der Waals surface area contributed by atoms with Crippen LogP contribution in [0.4, 0.5) is 24.5 Å². The first-order valence-corrected chi connectivity index (χ1v) is 9.25. The van der Waals surface area contributed by atoms with E-state index in [2.05, 4.69) is 15.6 Å². The zero-order valence-electron chi connectivity index (χ0n) is 15.7. The summed E-state index contributed by atoms with van der Waals surface area (Å²) in [5.74, 6) is -0.451. The summed E-state index contributed by atoms with van der Waals surface area (Å²) in [6, 6.07) is 7.16. The van der Waals surface area contributed by atoms with Gasteiger partial charge in [0.05, 0.1) is 16.8 Å². The number of aromatic nitrogens is 1. The number of carbonyl (C=O) groups excluding carboxylic acids is 1. The van der Waals surface area contributed by atoms with E-state index in [0.717, 1.165) is 0 Å². The molecule has 0 bridgehead atoms. The summed E-state index contributed by atoms with van der Waals surface area (Å²) in [5.41, 5.74) is 0.330. The van der Waals surface area contributed by atoms with E-state index in [1.165, 1.54) is 0 Å². The quantitative estimate of drug-likeness (QED) is 0.411. The summed E-state index contributed by atoms with van der Waals surface area (Å²) in [6.45, 7) is 3.44. The number of aliphatic hydroxyl groups is 1. The van der Waals surface area contributed by atoms with Crippen LogP contribution in [0.15, 0.2) is 24.3 Å². The van der Waals surface area contributed by atoms with Crippen LogP contribution >= 0.6 is 11.6 Å². The number of para-hydroxylation sites is 1. The van der Waals surface area contributed by atoms with Crippen LogP contribution in [-0.4, -0.2) is 34.3 Å². The van der Waals surface area contributed by atoms with Gasteiger partial charge in [0.25, 0.3) is 0 Å². The van der Waals surface area contributed by atoms with Crippen molar-refractivity contribution in [1.29, 1.82) is 0 Å². The highest BCUT2D eigenvalue weighted by Crippen LogP contribution is 2.36. The van der Waals surface area contributed by atoms with E-state index in [1.807, 2.05) is 0 Å². The number of hydrogen-bond acceptors (Lipinski definition) is 4. The van der Waals surface area contributed by atoms with Crippen molar-refractivity contribution < 1.29 is 23.1 Å². The van der Waals surface area contributed by atoms with Crippen molar-refractivity contribution in [3.05, 3.63) is 29.4 Å². The molecule has 1 heterocycles. The second-order valence-electron chi connectivity index (χ2n) is 7.21. The summed E-state index contributed by atoms with van der Waals surface area (Å²) in [7, 11) is 0. The minimum atomic E-state index is -4.23. The minimum Gasteiger partial charge on any atom is -0.389 e. The molecule has 0 aliphatic carbocycles. The molecule has 0 aliphatic heterocycles. The molecule has 3 N–H and O–H groups in total. The molecule has 0 saturated carbocycles. The number of pyridine rings is 1. The van der Waals surface area contributed by atoms with Crippen molar-refractivity contribution in [3.8, 4) is 0 Å². The highest BCUT2D eigenvalue weighted by Gasteiger charge is 2.26. The average Bonchev–Trinajstić information content (AvgIpc) is 2.57. The molecule has 0 atom stereocenters. The first-order valence-electron chi connectivity index (χ1n) is 8.87. The number of alkyl halides is 3. The molecular weight excluding hydrogens is 395 g/mol. The average molecular weight is 418 g/mol. The zero-order chi connectivity index (χ0) is 20.9. The molecule has 154 valence electrons. The number of hydrogen-bond donors (Lipinski definition) is 3. The second kappa shape index (κ2) is 8.96. The van der Waals surface area contributed by atoms with Gasteiger partial charge in [0.2, 0.25) is 5.91 Å². The zero-order valence-corrected chi connectivity index (χ0v) is 16.4. The lowest BCUT2D eigenvalue weighted by Gasteiger charge is -2.22. The molecule has 0 fully saturated rings. The second-order valence-corrected chi connectivity index (χ2v) is 7.56. The van der Waals surface area contributed by atoms with Gasteiger partial charge in [-0.25, -0.2) is 4.98 Å². The largest absolute Gasteiger partial charge is 0.389 e. The molecule has 1 aromatic carbocycles. The van der Waals surface area contributed by atoms with Crippen LogP contribution in [0.1, 0.15) is 39.5 Å². The number of anilines is 2. The van der Waals surface area contributed by atoms with Crippen molar-refractivity contribution in [1.82, 2.24) is 4.98 Å². The van der Waals surface area contributed by atoms with Crippen molar-refractivity contribution in [2.24, 2.45) is 0 Å². The topological polar surface area (TPSA) is 74.2 Å². The van der Waals surface area contributed by atoms with Crippen molar-refractivity contribution in [2.45, 2.75) is 51.3 Å². The van der Waals surface area contributed by atoms with E-state index in [0.29, 0.717) is 16.6 Å². The van der Waals surface area contributed by atoms with Gasteiger partial charge < -0.3 is 15.7 Å². The van der Waals surface area contributed by atoms with E-state index >= 15 is 0 Å². The number of amides is 1. The third-order valence-corrected chi connectivity index (χ3v) is 4.20. The van der Waals surface area contributed by atoms with Crippen LogP contribution < -0.4 is 10.6 Å². The number of unbranched alkanes of at least 4 members (excludes halogenated alkanes) is 1. The van der Waals surface area contributed by atoms with Gasteiger partial charge in [-0.05, 0) is 32.8 Å². The molecule has 1 amide bonds. The lowest BCUT2D eigenvalue weighted by atomic mass is 10.1. The monoisotopic (exact) mass is 417 g/mol. The maximum atomic E-state index is 12.2. The molecule has 5 nitrogen and oxygen atoms in total. The SMILES string of the molecule is CC(C)(O)CNc1c(NC(=O)CCCCC(F)(F)F)c(Cl)nc2ccccc12. The molecule has 0 aliphatic rings. The van der Waals surface area contributed by atoms with Crippen LogP contribution in [0.3, 0.4) is 0 Å². The summed E-state index contributed by atoms with van der Waals surface area (Å²) >= 11 is 6.25. The Bertz CT molecular complexity index is 836. The number of carbonyl (C=O) groups is 1. The van der Waals surface area contributed by atoms with Gasteiger partial charge in [-0.2, -0.15) is 13.2 Å². The molecule has 0 saturated heterocycles. The number of halogens is 4. The third kappa shape index (κ3) is 6.83. The number of benzene rings is 1. The molecule has 1 aromatic heterocycles. The van der Waals surface area contributed by atoms with E-state index < -0.39 is 24.1 Å². The number of rotatable bonds is 8. The fourth-order valence-electron chi connectivity index (χ4n) is 2.60. The Balaban J connectivity index is 2.20. The van der Waals surface area contributed by atoms with Crippen LogP contribution in [0.2, 0.25) is 5.15 Å². The summed E-state index contributed by atoms with van der Waals surface area (Å²) < 4.78 is 36.6. The van der Waals surface area contributed by atoms with Gasteiger partial charge >= 0.3 is 6.18 Å². The van der Waals surface area contributed by atoms with Gasteiger partial charge in [0.1, 0.15) is 5.69 Å². The lowest BCUT2D eigenvalue weighted by molar-refractivity contribution is -0.136. The van der Waals surface area contributed by atoms with Crippen molar-refractivity contribution in [2.75, 3.05) is 17.2 Å². The molecule has 28 heavy (non-hydrogen) atoms. The van der Waals surface area contributed by atoms with E-state index in [1.54, 1.807) is 38.1 Å². The summed E-state index contributed by atoms with van der Waals surface area (Å²) in [4.78, 5) is 16.5. The smallest absolute Gasteiger partial charge is 0.389 e. The maximum absolute atomic E-state index is 12.2. The van der Waals surface area contributed by atoms with Gasteiger partial charge in [0.15, 0.2) is 5.15 Å². The Hall–Kier alpha value is -2.06. The highest BCUT2D eigenvalue weighted by atomic mass is 35.5. The van der Waals surface area contributed by atoms with Gasteiger partial charge in [-0.15, -0.1) is 0 Å². The van der Waals surface area contributed by atoms with E-state index in [9.17, 15) is 23.1 Å². The van der Waals surface area contributed by atoms with Gasteiger partial charge in [-0.1, -0.05) is 29.8 Å². The van der Waals surface area contributed by atoms with Crippen molar-refractivity contribution in [3.63, 3.8) is 0 Å². The Labute approximate surface area is 166 Å². The highest BCUT2D eigenvalue weighted by molar-refractivity contribution is 6.34. The van der Waals surface area contributed by atoms with Crippen LogP contribution in [0.5, 0.6) is 0 Å². The minimum absolute atomic E-state index is 0.0561. The first kappa shape index (κ1) is 22.2. The van der Waals surface area contributed by atoms with E-state index in [-0.39, 0.29) is 36.6 Å². The normalized spacial score (nSPS) is 12.2. The molecule has 9 heteroatoms. The third-order valence-electron chi connectivity index (χ3n) is 3.92. The van der Waals surface area contributed by atoms with Crippen LogP contribution in [0, 0.1) is 0 Å². The van der Waals surface area contributed by atoms with Gasteiger partial charge in [-0.3, -0.25) is 4.79 Å². The predicted octanol–water partition coefficient (Wildman–Crippen LogP) is 5.13. The van der Waals surface area contributed by atoms with Crippen LogP contribution in [0.25, 0.3) is 10.9 Å². The molecule has 0 radical (unpaired) electrons. The maximum Gasteiger partial charge on any atom is 0.389 e. The van der Waals surface area contributed by atoms with Crippen LogP contribution in [-0.2, 0) is 4.79 Å². The molecule has 2 aromatic rings. The van der Waals surface area contributed by atoms with Crippen molar-refractivity contribution >= 4 is 39.8 Å². The molecule has 0 spiro atoms. The predicted molar refractivity (Wildman–Crippen MR) is 105 cm³/mol. The summed E-state index contributed by atoms with van der Waals surface area (Å²) in [6.07, 6.45) is -5.22. The number of nitrogens with one attached hydrogen (secondary N) is 2. The molecule has 0 unspecified atom stereocenters. The number of fused-ring (bicyclic) bond motifs is 1. The standard InChI is InChI=1S/C19H23ClF3N3O2/c1-18(2,28)11-24-15-12-7-3-4-8-13(12)25-17(20)16(15)26-14(27)9-5-6-10-19(21,22)23/h3-4,7-8,28H,5-6,9-11H2,1-2H3,(H,24,25)(H,26,27). The Morgan fingerprint density at radius 3 is 2.50 bits per heavy atom. The van der Waals surface area contributed by atoms with Gasteiger partial charge in [0, 0.05) is 24.8 Å². The molecular formula is C19H23ClF3N3O2. The summed E-state index contributed by atoms with van der Waals surface area (Å²) in [5, 5.41) is 16.5. The molecule has 2 rings (SSSR count). The fourth-order valence-corrected chi connectivity index (χ4v) is 2.83. The Kier molecular flexibility index (Phi) is 7.11. The Morgan fingerprint density at radius 1 is 1.18 bits per heavy atom. The number of nitrogens with zero attached hydrogens (tertiary/aromatic N) is 1. The fraction of sp³-hybridized carbons (Fsp3) is 0.474. The first-order chi connectivity index (χ1) is 13.0. The lowest BCUT2D eigenvalue weighted by Crippen LogP contribution is -2.30.